The van der Waals surface area contributed by atoms with E-state index < -0.39 is 0 Å². The van der Waals surface area contributed by atoms with Crippen molar-refractivity contribution in [3.63, 3.8) is 0 Å². The molecule has 2 aromatic carbocycles. The summed E-state index contributed by atoms with van der Waals surface area (Å²) in [7, 11) is 0. The molecule has 0 radical (unpaired) electrons. The van der Waals surface area contributed by atoms with Crippen molar-refractivity contribution >= 4 is 5.97 Å². The lowest BCUT2D eigenvalue weighted by Crippen LogP contribution is -2.09. The van der Waals surface area contributed by atoms with Crippen LogP contribution in [0.3, 0.4) is 0 Å². The zero-order valence-electron chi connectivity index (χ0n) is 12.9. The van der Waals surface area contributed by atoms with Gasteiger partial charge in [-0.2, -0.15) is 5.26 Å². The van der Waals surface area contributed by atoms with Gasteiger partial charge >= 0.3 is 5.97 Å². The van der Waals surface area contributed by atoms with Crippen LogP contribution >= 0.6 is 0 Å². The van der Waals surface area contributed by atoms with Crippen LogP contribution in [0.15, 0.2) is 48.5 Å². The fourth-order valence-electron chi connectivity index (χ4n) is 2.03. The van der Waals surface area contributed by atoms with E-state index >= 15 is 0 Å². The van der Waals surface area contributed by atoms with Crippen LogP contribution in [0.4, 0.5) is 0 Å². The molecule has 0 saturated heterocycles. The third-order valence-electron chi connectivity index (χ3n) is 3.24. The molecule has 3 heteroatoms. The summed E-state index contributed by atoms with van der Waals surface area (Å²) in [5.74, 6) is 0.0415. The van der Waals surface area contributed by atoms with E-state index in [2.05, 4.69) is 6.07 Å². The van der Waals surface area contributed by atoms with E-state index in [1.165, 1.54) is 0 Å². The molecule has 0 amide bonds. The number of nitriles is 1. The average molecular weight is 293 g/mol. The normalized spacial score (nSPS) is 10.3. The van der Waals surface area contributed by atoms with E-state index in [0.29, 0.717) is 24.5 Å². The zero-order valence-corrected chi connectivity index (χ0v) is 12.9. The number of nitrogens with zero attached hydrogens (tertiary/aromatic N) is 1. The molecule has 2 rings (SSSR count). The van der Waals surface area contributed by atoms with Gasteiger partial charge in [0.15, 0.2) is 0 Å². The van der Waals surface area contributed by atoms with Crippen molar-refractivity contribution in [2.45, 2.75) is 20.3 Å². The molecular formula is C19H19NO2. The van der Waals surface area contributed by atoms with Crippen molar-refractivity contribution in [2.75, 3.05) is 6.61 Å². The first-order chi connectivity index (χ1) is 10.6. The Hall–Kier alpha value is -2.60. The van der Waals surface area contributed by atoms with Gasteiger partial charge in [-0.25, -0.2) is 4.79 Å². The second-order valence-corrected chi connectivity index (χ2v) is 5.60. The SMILES string of the molecule is CC(C)COC(=O)c1ccc(-c2ccc(CC#N)cc2)cc1. The highest BCUT2D eigenvalue weighted by Gasteiger charge is 2.08. The molecule has 0 fully saturated rings. The van der Waals surface area contributed by atoms with Crippen molar-refractivity contribution in [1.82, 2.24) is 0 Å². The van der Waals surface area contributed by atoms with Crippen LogP contribution < -0.4 is 0 Å². The number of carbonyl (C=O) groups is 1. The monoisotopic (exact) mass is 293 g/mol. The predicted octanol–water partition coefficient (Wildman–Crippen LogP) is 4.23. The maximum Gasteiger partial charge on any atom is 0.338 e. The van der Waals surface area contributed by atoms with Crippen molar-refractivity contribution in [3.05, 3.63) is 59.7 Å². The van der Waals surface area contributed by atoms with Crippen LogP contribution in [0.25, 0.3) is 11.1 Å². The Balaban J connectivity index is 2.08. The Kier molecular flexibility index (Phi) is 5.32. The smallest absolute Gasteiger partial charge is 0.338 e. The van der Waals surface area contributed by atoms with Crippen molar-refractivity contribution in [2.24, 2.45) is 5.92 Å². The molecule has 112 valence electrons. The lowest BCUT2D eigenvalue weighted by atomic mass is 10.0. The Bertz CT molecular complexity index is 664. The molecule has 22 heavy (non-hydrogen) atoms. The van der Waals surface area contributed by atoms with Gasteiger partial charge in [-0.15, -0.1) is 0 Å². The van der Waals surface area contributed by atoms with Crippen LogP contribution in [-0.4, -0.2) is 12.6 Å². The van der Waals surface area contributed by atoms with Gasteiger partial charge in [0.05, 0.1) is 24.7 Å². The van der Waals surface area contributed by atoms with E-state index in [1.54, 1.807) is 12.1 Å². The molecule has 0 aliphatic heterocycles. The minimum atomic E-state index is -0.287. The van der Waals surface area contributed by atoms with E-state index in [9.17, 15) is 4.79 Å². The molecular weight excluding hydrogens is 274 g/mol. The van der Waals surface area contributed by atoms with E-state index in [1.807, 2.05) is 50.2 Å². The summed E-state index contributed by atoms with van der Waals surface area (Å²) < 4.78 is 5.21. The summed E-state index contributed by atoms with van der Waals surface area (Å²) in [6.45, 7) is 4.44. The van der Waals surface area contributed by atoms with Crippen LogP contribution in [0.1, 0.15) is 29.8 Å². The molecule has 0 aliphatic rings. The van der Waals surface area contributed by atoms with Gasteiger partial charge in [0.25, 0.3) is 0 Å². The Labute approximate surface area is 131 Å². The minimum Gasteiger partial charge on any atom is -0.462 e. The lowest BCUT2D eigenvalue weighted by molar-refractivity contribution is 0.0459. The number of hydrogen-bond acceptors (Lipinski definition) is 3. The van der Waals surface area contributed by atoms with Gasteiger partial charge < -0.3 is 4.74 Å². The second-order valence-electron chi connectivity index (χ2n) is 5.60. The molecule has 0 spiro atoms. The Morgan fingerprint density at radius 3 is 2.09 bits per heavy atom. The van der Waals surface area contributed by atoms with Gasteiger partial charge in [0.2, 0.25) is 0 Å². The highest BCUT2D eigenvalue weighted by atomic mass is 16.5. The largest absolute Gasteiger partial charge is 0.462 e. The van der Waals surface area contributed by atoms with Crippen LogP contribution in [0.2, 0.25) is 0 Å². The quantitative estimate of drug-likeness (QED) is 0.775. The minimum absolute atomic E-state index is 0.287. The number of hydrogen-bond donors (Lipinski definition) is 0. The Morgan fingerprint density at radius 1 is 1.05 bits per heavy atom. The van der Waals surface area contributed by atoms with Crippen molar-refractivity contribution in [3.8, 4) is 17.2 Å². The van der Waals surface area contributed by atoms with Crippen LogP contribution in [0, 0.1) is 17.2 Å². The number of ether oxygens (including phenoxy) is 1. The number of carbonyl (C=O) groups excluding carboxylic acids is 1. The second kappa shape index (κ2) is 7.42. The maximum atomic E-state index is 11.9. The third-order valence-corrected chi connectivity index (χ3v) is 3.24. The highest BCUT2D eigenvalue weighted by molar-refractivity contribution is 5.90. The average Bonchev–Trinajstić information content (AvgIpc) is 2.54. The van der Waals surface area contributed by atoms with Gasteiger partial charge in [-0.1, -0.05) is 50.2 Å². The fourth-order valence-corrected chi connectivity index (χ4v) is 2.03. The summed E-state index contributed by atoms with van der Waals surface area (Å²) in [5.41, 5.74) is 3.65. The molecule has 0 aliphatic carbocycles. The summed E-state index contributed by atoms with van der Waals surface area (Å²) in [5, 5.41) is 8.67. The van der Waals surface area contributed by atoms with Crippen molar-refractivity contribution < 1.29 is 9.53 Å². The fraction of sp³-hybridized carbons (Fsp3) is 0.263. The standard InChI is InChI=1S/C19H19NO2/c1-14(2)13-22-19(21)18-9-7-17(8-10-18)16-5-3-15(4-6-16)11-12-20/h3-10,14H,11,13H2,1-2H3. The summed E-state index contributed by atoms with van der Waals surface area (Å²) in [4.78, 5) is 11.9. The maximum absolute atomic E-state index is 11.9. The molecule has 0 bridgehead atoms. The lowest BCUT2D eigenvalue weighted by Gasteiger charge is -2.08. The molecule has 0 heterocycles. The van der Waals surface area contributed by atoms with Crippen LogP contribution in [0.5, 0.6) is 0 Å². The zero-order chi connectivity index (χ0) is 15.9. The van der Waals surface area contributed by atoms with Gasteiger partial charge in [0, 0.05) is 0 Å². The van der Waals surface area contributed by atoms with Gasteiger partial charge in [0.1, 0.15) is 0 Å². The van der Waals surface area contributed by atoms with Crippen molar-refractivity contribution in [1.29, 1.82) is 5.26 Å². The number of rotatable bonds is 5. The third kappa shape index (κ3) is 4.20. The number of benzene rings is 2. The van der Waals surface area contributed by atoms with E-state index in [0.717, 1.165) is 16.7 Å². The first kappa shape index (κ1) is 15.8. The van der Waals surface area contributed by atoms with Crippen LogP contribution in [-0.2, 0) is 11.2 Å². The predicted molar refractivity (Wildman–Crippen MR) is 86.3 cm³/mol. The molecule has 0 atom stereocenters. The first-order valence-corrected chi connectivity index (χ1v) is 7.33. The Morgan fingerprint density at radius 2 is 1.59 bits per heavy atom. The molecule has 0 N–H and O–H groups in total. The topological polar surface area (TPSA) is 50.1 Å². The molecule has 0 aromatic heterocycles. The summed E-state index contributed by atoms with van der Waals surface area (Å²) in [6.07, 6.45) is 0.418. The van der Waals surface area contributed by atoms with E-state index in [-0.39, 0.29) is 5.97 Å². The van der Waals surface area contributed by atoms with Gasteiger partial charge in [-0.05, 0) is 34.7 Å². The summed E-state index contributed by atoms with van der Waals surface area (Å²) >= 11 is 0. The molecule has 0 unspecified atom stereocenters. The molecule has 0 saturated carbocycles. The van der Waals surface area contributed by atoms with E-state index in [4.69, 9.17) is 10.00 Å². The summed E-state index contributed by atoms with van der Waals surface area (Å²) in [6, 6.07) is 17.4. The van der Waals surface area contributed by atoms with Gasteiger partial charge in [-0.3, -0.25) is 0 Å². The molecule has 2 aromatic rings. The number of esters is 1. The highest BCUT2D eigenvalue weighted by Crippen LogP contribution is 2.21. The first-order valence-electron chi connectivity index (χ1n) is 7.33. The molecule has 3 nitrogen and oxygen atoms in total.